The van der Waals surface area contributed by atoms with Crippen LogP contribution >= 0.6 is 0 Å². The first kappa shape index (κ1) is 13.8. The number of carbonyl (C=O) groups excluding carboxylic acids is 1. The van der Waals surface area contributed by atoms with Gasteiger partial charge in [0.1, 0.15) is 5.69 Å². The number of pyridine rings is 1. The minimum Gasteiger partial charge on any atom is -0.387 e. The number of nitrogens with one attached hydrogen (secondary N) is 1. The van der Waals surface area contributed by atoms with Crippen molar-refractivity contribution in [2.75, 3.05) is 39.5 Å². The molecule has 1 N–H and O–H groups in total. The third kappa shape index (κ3) is 3.23. The average molecular weight is 262 g/mol. The second-order valence-corrected chi connectivity index (χ2v) is 5.17. The van der Waals surface area contributed by atoms with Gasteiger partial charge in [0.25, 0.3) is 5.91 Å². The van der Waals surface area contributed by atoms with Crippen molar-refractivity contribution in [1.82, 2.24) is 14.8 Å². The van der Waals surface area contributed by atoms with E-state index in [4.69, 9.17) is 0 Å². The van der Waals surface area contributed by atoms with Gasteiger partial charge in [-0.25, -0.2) is 4.98 Å². The van der Waals surface area contributed by atoms with Gasteiger partial charge in [0, 0.05) is 26.2 Å². The Morgan fingerprint density at radius 2 is 2.05 bits per heavy atom. The van der Waals surface area contributed by atoms with Crippen LogP contribution in [0.25, 0.3) is 0 Å². The van der Waals surface area contributed by atoms with Crippen LogP contribution in [0.1, 0.15) is 23.3 Å². The Bertz CT molecular complexity index is 422. The number of carbonyl (C=O) groups is 1. The molecule has 19 heavy (non-hydrogen) atoms. The summed E-state index contributed by atoms with van der Waals surface area (Å²) in [4.78, 5) is 20.7. The van der Waals surface area contributed by atoms with Crippen LogP contribution in [-0.2, 0) is 0 Å². The fraction of sp³-hybridized carbons (Fsp3) is 0.571. The first-order valence-electron chi connectivity index (χ1n) is 6.71. The molecule has 2 rings (SSSR count). The van der Waals surface area contributed by atoms with Crippen LogP contribution in [-0.4, -0.2) is 61.0 Å². The van der Waals surface area contributed by atoms with Gasteiger partial charge in [-0.1, -0.05) is 0 Å². The Labute approximate surface area is 114 Å². The number of aromatic nitrogens is 1. The van der Waals surface area contributed by atoms with Crippen LogP contribution < -0.4 is 5.32 Å². The molecule has 0 spiro atoms. The second-order valence-electron chi connectivity index (χ2n) is 5.17. The molecule has 0 saturated carbocycles. The van der Waals surface area contributed by atoms with Crippen LogP contribution in [0.2, 0.25) is 0 Å². The fourth-order valence-electron chi connectivity index (χ4n) is 2.42. The summed E-state index contributed by atoms with van der Waals surface area (Å²) in [6.07, 6.45) is 3.76. The number of hydrogen-bond acceptors (Lipinski definition) is 4. The van der Waals surface area contributed by atoms with E-state index in [0.717, 1.165) is 31.6 Å². The Kier molecular flexibility index (Phi) is 4.37. The Balaban J connectivity index is 1.97. The third-order valence-electron chi connectivity index (χ3n) is 3.75. The lowest BCUT2D eigenvalue weighted by Crippen LogP contribution is -2.44. The zero-order valence-corrected chi connectivity index (χ0v) is 11.9. The molecule has 0 bridgehead atoms. The molecule has 1 aliphatic heterocycles. The highest BCUT2D eigenvalue weighted by molar-refractivity contribution is 5.92. The third-order valence-corrected chi connectivity index (χ3v) is 3.75. The van der Waals surface area contributed by atoms with E-state index in [9.17, 15) is 4.79 Å². The molecule has 0 unspecified atom stereocenters. The Hall–Kier alpha value is -1.62. The molecular formula is C14H22N4O. The number of nitrogens with zero attached hydrogens (tertiary/aromatic N) is 3. The summed E-state index contributed by atoms with van der Waals surface area (Å²) >= 11 is 0. The summed E-state index contributed by atoms with van der Waals surface area (Å²) in [5, 5.41) is 3.00. The minimum absolute atomic E-state index is 0.0415. The maximum absolute atomic E-state index is 12.3. The molecule has 1 saturated heterocycles. The number of anilines is 1. The van der Waals surface area contributed by atoms with Gasteiger partial charge in [0.05, 0.1) is 11.9 Å². The number of piperidine rings is 1. The van der Waals surface area contributed by atoms with Gasteiger partial charge >= 0.3 is 0 Å². The van der Waals surface area contributed by atoms with Gasteiger partial charge in [-0.15, -0.1) is 0 Å². The summed E-state index contributed by atoms with van der Waals surface area (Å²) in [5.74, 6) is 0.0415. The smallest absolute Gasteiger partial charge is 0.272 e. The van der Waals surface area contributed by atoms with E-state index in [2.05, 4.69) is 29.3 Å². The van der Waals surface area contributed by atoms with Crippen molar-refractivity contribution in [2.24, 2.45) is 0 Å². The van der Waals surface area contributed by atoms with E-state index in [1.54, 1.807) is 12.3 Å². The molecule has 0 radical (unpaired) electrons. The van der Waals surface area contributed by atoms with E-state index in [0.29, 0.717) is 11.7 Å². The molecule has 1 aromatic heterocycles. The Morgan fingerprint density at radius 1 is 1.37 bits per heavy atom. The van der Waals surface area contributed by atoms with Gasteiger partial charge in [0.2, 0.25) is 0 Å². The molecule has 1 amide bonds. The van der Waals surface area contributed by atoms with Crippen LogP contribution in [0.5, 0.6) is 0 Å². The minimum atomic E-state index is 0.0415. The summed E-state index contributed by atoms with van der Waals surface area (Å²) in [6, 6.07) is 4.25. The van der Waals surface area contributed by atoms with Crippen LogP contribution in [0.4, 0.5) is 5.69 Å². The highest BCUT2D eigenvalue weighted by Crippen LogP contribution is 2.16. The highest BCUT2D eigenvalue weighted by atomic mass is 16.2. The predicted octanol–water partition coefficient (Wildman–Crippen LogP) is 1.29. The van der Waals surface area contributed by atoms with Crippen molar-refractivity contribution in [1.29, 1.82) is 0 Å². The van der Waals surface area contributed by atoms with Gasteiger partial charge in [0.15, 0.2) is 0 Å². The van der Waals surface area contributed by atoms with Gasteiger partial charge in [-0.05, 0) is 39.1 Å². The van der Waals surface area contributed by atoms with Crippen LogP contribution in [0, 0.1) is 0 Å². The van der Waals surface area contributed by atoms with Crippen LogP contribution in [0.15, 0.2) is 18.3 Å². The largest absolute Gasteiger partial charge is 0.387 e. The van der Waals surface area contributed by atoms with E-state index in [1.165, 1.54) is 0 Å². The van der Waals surface area contributed by atoms with Crippen LogP contribution in [0.3, 0.4) is 0 Å². The normalized spacial score (nSPS) is 16.7. The quantitative estimate of drug-likeness (QED) is 0.891. The van der Waals surface area contributed by atoms with E-state index in [1.807, 2.05) is 18.0 Å². The van der Waals surface area contributed by atoms with Gasteiger partial charge in [-0.2, -0.15) is 0 Å². The van der Waals surface area contributed by atoms with Crippen molar-refractivity contribution in [2.45, 2.75) is 18.9 Å². The summed E-state index contributed by atoms with van der Waals surface area (Å²) in [5.41, 5.74) is 1.45. The second kappa shape index (κ2) is 6.02. The number of hydrogen-bond donors (Lipinski definition) is 1. The van der Waals surface area contributed by atoms with Crippen molar-refractivity contribution >= 4 is 11.6 Å². The van der Waals surface area contributed by atoms with E-state index < -0.39 is 0 Å². The predicted molar refractivity (Wildman–Crippen MR) is 76.4 cm³/mol. The molecule has 5 nitrogen and oxygen atoms in total. The van der Waals surface area contributed by atoms with E-state index in [-0.39, 0.29) is 5.91 Å². The molecule has 1 aliphatic rings. The topological polar surface area (TPSA) is 48.5 Å². The van der Waals surface area contributed by atoms with E-state index >= 15 is 0 Å². The number of rotatable bonds is 3. The standard InChI is InChI=1S/C14H22N4O/c1-15-11-4-5-13(16-10-11)14(19)18-8-6-12(7-9-18)17(2)3/h4-5,10,12,15H,6-9H2,1-3H3. The SMILES string of the molecule is CNc1ccc(C(=O)N2CCC(N(C)C)CC2)nc1. The van der Waals surface area contributed by atoms with Crippen molar-refractivity contribution in [3.05, 3.63) is 24.0 Å². The first-order chi connectivity index (χ1) is 9.11. The molecule has 5 heteroatoms. The summed E-state index contributed by atoms with van der Waals surface area (Å²) in [7, 11) is 6.03. The molecular weight excluding hydrogens is 240 g/mol. The van der Waals surface area contributed by atoms with Crippen molar-refractivity contribution < 1.29 is 4.79 Å². The number of likely N-dealkylation sites (tertiary alicyclic amines) is 1. The monoisotopic (exact) mass is 262 g/mol. The zero-order valence-electron chi connectivity index (χ0n) is 11.9. The zero-order chi connectivity index (χ0) is 13.8. The highest BCUT2D eigenvalue weighted by Gasteiger charge is 2.25. The molecule has 2 heterocycles. The Morgan fingerprint density at radius 3 is 2.53 bits per heavy atom. The van der Waals surface area contributed by atoms with Gasteiger partial charge in [-0.3, -0.25) is 4.79 Å². The van der Waals surface area contributed by atoms with Gasteiger partial charge < -0.3 is 15.1 Å². The summed E-state index contributed by atoms with van der Waals surface area (Å²) in [6.45, 7) is 1.63. The maximum atomic E-state index is 12.3. The summed E-state index contributed by atoms with van der Waals surface area (Å²) < 4.78 is 0. The van der Waals surface area contributed by atoms with Crippen molar-refractivity contribution in [3.8, 4) is 0 Å². The average Bonchev–Trinajstić information content (AvgIpc) is 2.46. The lowest BCUT2D eigenvalue weighted by atomic mass is 10.0. The lowest BCUT2D eigenvalue weighted by molar-refractivity contribution is 0.0657. The molecule has 1 fully saturated rings. The fourth-order valence-corrected chi connectivity index (χ4v) is 2.42. The van der Waals surface area contributed by atoms with Crippen molar-refractivity contribution in [3.63, 3.8) is 0 Å². The first-order valence-corrected chi connectivity index (χ1v) is 6.71. The molecule has 104 valence electrons. The molecule has 0 aromatic carbocycles. The molecule has 1 aromatic rings. The number of amides is 1. The maximum Gasteiger partial charge on any atom is 0.272 e. The molecule has 0 atom stereocenters. The molecule has 0 aliphatic carbocycles. The lowest BCUT2D eigenvalue weighted by Gasteiger charge is -2.35.